The lowest BCUT2D eigenvalue weighted by Gasteiger charge is -2.09. The Morgan fingerprint density at radius 3 is 2.41 bits per heavy atom. The number of hydrogen-bond acceptors (Lipinski definition) is 2. The van der Waals surface area contributed by atoms with Crippen molar-refractivity contribution in [3.8, 4) is 0 Å². The number of carbonyl (C=O) groups excluding carboxylic acids is 2. The number of hydrazine groups is 1. The van der Waals surface area contributed by atoms with E-state index in [4.69, 9.17) is 23.2 Å². The van der Waals surface area contributed by atoms with Crippen molar-refractivity contribution in [3.63, 3.8) is 0 Å². The zero-order valence-electron chi connectivity index (χ0n) is 11.2. The molecule has 22 heavy (non-hydrogen) atoms. The summed E-state index contributed by atoms with van der Waals surface area (Å²) in [7, 11) is 0. The predicted molar refractivity (Wildman–Crippen MR) is 89.9 cm³/mol. The zero-order chi connectivity index (χ0) is 16.1. The third-order valence-corrected chi connectivity index (χ3v) is 4.21. The molecule has 7 heteroatoms. The van der Waals surface area contributed by atoms with E-state index in [0.29, 0.717) is 25.6 Å². The van der Waals surface area contributed by atoms with Crippen molar-refractivity contribution >= 4 is 50.9 Å². The fourth-order valence-corrected chi connectivity index (χ4v) is 2.50. The van der Waals surface area contributed by atoms with E-state index in [2.05, 4.69) is 26.8 Å². The highest BCUT2D eigenvalue weighted by molar-refractivity contribution is 9.10. The molecule has 114 valence electrons. The van der Waals surface area contributed by atoms with Crippen LogP contribution in [0.1, 0.15) is 15.9 Å². The first-order chi connectivity index (χ1) is 10.5. The fraction of sp³-hybridized carbons (Fsp3) is 0.0667. The van der Waals surface area contributed by atoms with E-state index >= 15 is 0 Å². The van der Waals surface area contributed by atoms with Gasteiger partial charge in [-0.25, -0.2) is 0 Å². The highest BCUT2D eigenvalue weighted by Crippen LogP contribution is 2.22. The van der Waals surface area contributed by atoms with Crippen LogP contribution < -0.4 is 10.9 Å². The van der Waals surface area contributed by atoms with Gasteiger partial charge in [-0.05, 0) is 45.8 Å². The molecule has 0 heterocycles. The molecule has 4 nitrogen and oxygen atoms in total. The molecular formula is C15H11BrCl2N2O2. The highest BCUT2D eigenvalue weighted by atomic mass is 79.9. The lowest BCUT2D eigenvalue weighted by atomic mass is 10.1. The second kappa shape index (κ2) is 7.63. The van der Waals surface area contributed by atoms with Crippen LogP contribution in [-0.2, 0) is 11.2 Å². The molecule has 0 aliphatic rings. The SMILES string of the molecule is O=C(Cc1ccc(Cl)c(Cl)c1)NNC(=O)c1ccccc1Br. The Morgan fingerprint density at radius 1 is 1.00 bits per heavy atom. The van der Waals surface area contributed by atoms with Gasteiger partial charge in [-0.3, -0.25) is 20.4 Å². The summed E-state index contributed by atoms with van der Waals surface area (Å²) in [5.41, 5.74) is 5.84. The normalized spacial score (nSPS) is 10.1. The van der Waals surface area contributed by atoms with Crippen LogP contribution in [0.3, 0.4) is 0 Å². The van der Waals surface area contributed by atoms with Crippen LogP contribution in [0.4, 0.5) is 0 Å². The van der Waals surface area contributed by atoms with Crippen LogP contribution in [0.25, 0.3) is 0 Å². The van der Waals surface area contributed by atoms with Crippen molar-refractivity contribution in [1.29, 1.82) is 0 Å². The van der Waals surface area contributed by atoms with Crippen LogP contribution in [-0.4, -0.2) is 11.8 Å². The Morgan fingerprint density at radius 2 is 1.73 bits per heavy atom. The summed E-state index contributed by atoms with van der Waals surface area (Å²) in [6.07, 6.45) is 0.0765. The number of halogens is 3. The van der Waals surface area contributed by atoms with E-state index in [1.54, 1.807) is 42.5 Å². The van der Waals surface area contributed by atoms with Gasteiger partial charge in [-0.2, -0.15) is 0 Å². The van der Waals surface area contributed by atoms with E-state index in [-0.39, 0.29) is 12.3 Å². The first-order valence-electron chi connectivity index (χ1n) is 6.25. The summed E-state index contributed by atoms with van der Waals surface area (Å²) in [5, 5.41) is 0.803. The van der Waals surface area contributed by atoms with Gasteiger partial charge in [0.25, 0.3) is 5.91 Å². The van der Waals surface area contributed by atoms with Gasteiger partial charge < -0.3 is 0 Å². The van der Waals surface area contributed by atoms with Gasteiger partial charge in [0, 0.05) is 4.47 Å². The van der Waals surface area contributed by atoms with Gasteiger partial charge in [0.2, 0.25) is 5.91 Å². The molecule has 2 aromatic rings. The van der Waals surface area contributed by atoms with Crippen molar-refractivity contribution in [2.75, 3.05) is 0 Å². The van der Waals surface area contributed by atoms with E-state index in [1.165, 1.54) is 0 Å². The summed E-state index contributed by atoms with van der Waals surface area (Å²) in [4.78, 5) is 23.7. The van der Waals surface area contributed by atoms with E-state index in [0.717, 1.165) is 0 Å². The second-order valence-corrected chi connectivity index (χ2v) is 6.08. The first kappa shape index (κ1) is 16.8. The third kappa shape index (κ3) is 4.47. The van der Waals surface area contributed by atoms with Gasteiger partial charge in [-0.1, -0.05) is 41.4 Å². The van der Waals surface area contributed by atoms with Gasteiger partial charge in [0.1, 0.15) is 0 Å². The minimum Gasteiger partial charge on any atom is -0.273 e. The standard InChI is InChI=1S/C15H11BrCl2N2O2/c16-11-4-2-1-3-10(11)15(22)20-19-14(21)8-9-5-6-12(17)13(18)7-9/h1-7H,8H2,(H,19,21)(H,20,22). The molecule has 2 aromatic carbocycles. The van der Waals surface area contributed by atoms with Crippen molar-refractivity contribution < 1.29 is 9.59 Å². The zero-order valence-corrected chi connectivity index (χ0v) is 14.3. The molecular weight excluding hydrogens is 391 g/mol. The molecule has 0 spiro atoms. The number of rotatable bonds is 3. The van der Waals surface area contributed by atoms with Gasteiger partial charge in [0.15, 0.2) is 0 Å². The summed E-state index contributed by atoms with van der Waals surface area (Å²) in [6.45, 7) is 0. The monoisotopic (exact) mass is 400 g/mol. The molecule has 0 saturated heterocycles. The van der Waals surface area contributed by atoms with Crippen molar-refractivity contribution in [2.24, 2.45) is 0 Å². The Balaban J connectivity index is 1.91. The quantitative estimate of drug-likeness (QED) is 0.769. The average molecular weight is 402 g/mol. The number of amides is 2. The summed E-state index contributed by atoms with van der Waals surface area (Å²) in [6, 6.07) is 11.8. The highest BCUT2D eigenvalue weighted by Gasteiger charge is 2.11. The topological polar surface area (TPSA) is 58.2 Å². The minimum absolute atomic E-state index is 0.0765. The smallest absolute Gasteiger partial charge is 0.270 e. The molecule has 0 aromatic heterocycles. The third-order valence-electron chi connectivity index (χ3n) is 2.78. The average Bonchev–Trinajstić information content (AvgIpc) is 2.49. The largest absolute Gasteiger partial charge is 0.273 e. The molecule has 0 radical (unpaired) electrons. The lowest BCUT2D eigenvalue weighted by Crippen LogP contribution is -2.42. The number of hydrogen-bond donors (Lipinski definition) is 2. The van der Waals surface area contributed by atoms with Crippen LogP contribution in [0.15, 0.2) is 46.9 Å². The maximum absolute atomic E-state index is 11.9. The molecule has 0 aliphatic carbocycles. The summed E-state index contributed by atoms with van der Waals surface area (Å²) < 4.78 is 0.645. The Bertz CT molecular complexity index is 722. The summed E-state index contributed by atoms with van der Waals surface area (Å²) in [5.74, 6) is -0.770. The lowest BCUT2D eigenvalue weighted by molar-refractivity contribution is -0.121. The molecule has 0 aliphatic heterocycles. The number of nitrogens with one attached hydrogen (secondary N) is 2. The number of benzene rings is 2. The first-order valence-corrected chi connectivity index (χ1v) is 7.80. The number of carbonyl (C=O) groups is 2. The fourth-order valence-electron chi connectivity index (χ4n) is 1.72. The molecule has 0 bridgehead atoms. The van der Waals surface area contributed by atoms with Crippen LogP contribution in [0.2, 0.25) is 10.0 Å². The van der Waals surface area contributed by atoms with Crippen molar-refractivity contribution in [1.82, 2.24) is 10.9 Å². The predicted octanol–water partition coefficient (Wildman–Crippen LogP) is 3.76. The van der Waals surface area contributed by atoms with E-state index < -0.39 is 5.91 Å². The Hall–Kier alpha value is -1.56. The maximum Gasteiger partial charge on any atom is 0.270 e. The summed E-state index contributed by atoms with van der Waals surface area (Å²) >= 11 is 15.0. The van der Waals surface area contributed by atoms with Crippen LogP contribution in [0.5, 0.6) is 0 Å². The van der Waals surface area contributed by atoms with Gasteiger partial charge >= 0.3 is 0 Å². The van der Waals surface area contributed by atoms with E-state index in [1.807, 2.05) is 0 Å². The van der Waals surface area contributed by atoms with Gasteiger partial charge in [0.05, 0.1) is 22.0 Å². The van der Waals surface area contributed by atoms with Crippen LogP contribution in [0, 0.1) is 0 Å². The molecule has 0 fully saturated rings. The van der Waals surface area contributed by atoms with Gasteiger partial charge in [-0.15, -0.1) is 0 Å². The molecule has 2 rings (SSSR count). The molecule has 0 unspecified atom stereocenters. The second-order valence-electron chi connectivity index (χ2n) is 4.41. The molecule has 0 saturated carbocycles. The minimum atomic E-state index is -0.407. The van der Waals surface area contributed by atoms with E-state index in [9.17, 15) is 9.59 Å². The van der Waals surface area contributed by atoms with Crippen molar-refractivity contribution in [3.05, 3.63) is 68.1 Å². The van der Waals surface area contributed by atoms with Crippen LogP contribution >= 0.6 is 39.1 Å². The molecule has 0 atom stereocenters. The molecule has 2 N–H and O–H groups in total. The maximum atomic E-state index is 11.9. The Labute approximate surface area is 145 Å². The van der Waals surface area contributed by atoms with Crippen molar-refractivity contribution in [2.45, 2.75) is 6.42 Å². The Kier molecular flexibility index (Phi) is 5.83. The molecule has 2 amide bonds.